The molecule has 0 N–H and O–H groups in total. The summed E-state index contributed by atoms with van der Waals surface area (Å²) in [5.74, 6) is -0.609. The minimum atomic E-state index is -3.98. The van der Waals surface area contributed by atoms with Crippen molar-refractivity contribution in [3.05, 3.63) is 101 Å². The highest BCUT2D eigenvalue weighted by molar-refractivity contribution is 7.89. The van der Waals surface area contributed by atoms with E-state index < -0.39 is 16.1 Å². The summed E-state index contributed by atoms with van der Waals surface area (Å²) in [7, 11) is -2.55. The molecule has 0 aromatic heterocycles. The Labute approximate surface area is 180 Å². The Morgan fingerprint density at radius 2 is 1.57 bits per heavy atom. The molecule has 0 amide bonds. The lowest BCUT2D eigenvalue weighted by atomic mass is 9.89. The summed E-state index contributed by atoms with van der Waals surface area (Å²) in [6.07, 6.45) is 0. The second kappa shape index (κ2) is 8.45. The fraction of sp³-hybridized carbons (Fsp3) is 0.182. The number of sulfonamides is 1. The highest BCUT2D eigenvalue weighted by Gasteiger charge is 2.49. The van der Waals surface area contributed by atoms with Crippen molar-refractivity contribution in [1.29, 1.82) is 0 Å². The Morgan fingerprint density at radius 3 is 2.17 bits per heavy atom. The van der Waals surface area contributed by atoms with Crippen LogP contribution in [0.5, 0.6) is 0 Å². The van der Waals surface area contributed by atoms with E-state index in [0.29, 0.717) is 17.1 Å². The molecule has 0 radical (unpaired) electrons. The van der Waals surface area contributed by atoms with Gasteiger partial charge in [-0.3, -0.25) is 4.84 Å². The van der Waals surface area contributed by atoms with E-state index in [9.17, 15) is 12.8 Å². The van der Waals surface area contributed by atoms with Crippen LogP contribution in [0.3, 0.4) is 0 Å². The van der Waals surface area contributed by atoms with E-state index in [4.69, 9.17) is 16.4 Å². The van der Waals surface area contributed by atoms with Crippen LogP contribution in [0, 0.1) is 5.82 Å². The number of nitrogens with zero attached hydrogens (tertiary/aromatic N) is 2. The van der Waals surface area contributed by atoms with Crippen molar-refractivity contribution in [2.45, 2.75) is 16.9 Å². The summed E-state index contributed by atoms with van der Waals surface area (Å²) in [6.45, 7) is 0.315. The summed E-state index contributed by atoms with van der Waals surface area (Å²) in [5, 5.41) is 1.78. The molecule has 2 unspecified atom stereocenters. The van der Waals surface area contributed by atoms with Crippen LogP contribution in [-0.4, -0.2) is 31.7 Å². The van der Waals surface area contributed by atoms with Crippen molar-refractivity contribution in [3.8, 4) is 0 Å². The number of halogens is 2. The lowest BCUT2D eigenvalue weighted by Gasteiger charge is -2.30. The average molecular weight is 447 g/mol. The standard InChI is InChI=1S/C22H20ClFN2O3S/c1-29-25-15-21(16-5-3-2-4-6-16)22(17-7-11-19(24)12-8-17)26(25)30(27,28)20-13-9-18(23)10-14-20/h2-14,21-22H,15H2,1H3. The molecule has 1 aliphatic rings. The average Bonchev–Trinajstić information content (AvgIpc) is 3.16. The lowest BCUT2D eigenvalue weighted by Crippen LogP contribution is -2.41. The van der Waals surface area contributed by atoms with Crippen LogP contribution in [0.1, 0.15) is 23.1 Å². The Bertz CT molecular complexity index is 1110. The minimum Gasteiger partial charge on any atom is -0.286 e. The van der Waals surface area contributed by atoms with Crippen LogP contribution < -0.4 is 0 Å². The van der Waals surface area contributed by atoms with E-state index >= 15 is 0 Å². The topological polar surface area (TPSA) is 49.9 Å². The molecular weight excluding hydrogens is 427 g/mol. The number of hydrogen-bond donors (Lipinski definition) is 0. The zero-order valence-electron chi connectivity index (χ0n) is 16.2. The van der Waals surface area contributed by atoms with Gasteiger partial charge in [0.1, 0.15) is 5.82 Å². The first-order chi connectivity index (χ1) is 14.4. The van der Waals surface area contributed by atoms with E-state index in [0.717, 1.165) is 5.56 Å². The zero-order valence-corrected chi connectivity index (χ0v) is 17.7. The smallest absolute Gasteiger partial charge is 0.258 e. The molecule has 0 bridgehead atoms. The largest absolute Gasteiger partial charge is 0.286 e. The maximum Gasteiger partial charge on any atom is 0.258 e. The van der Waals surface area contributed by atoms with Crippen molar-refractivity contribution >= 4 is 21.6 Å². The van der Waals surface area contributed by atoms with Crippen molar-refractivity contribution in [3.63, 3.8) is 0 Å². The van der Waals surface area contributed by atoms with Gasteiger partial charge in [0.25, 0.3) is 10.0 Å². The number of rotatable bonds is 5. The maximum absolute atomic E-state index is 13.6. The van der Waals surface area contributed by atoms with Gasteiger partial charge in [-0.1, -0.05) is 58.5 Å². The number of hydrazine groups is 1. The minimum absolute atomic E-state index is 0.0924. The molecule has 3 aromatic rings. The fourth-order valence-electron chi connectivity index (χ4n) is 3.79. The first kappa shape index (κ1) is 21.0. The van der Waals surface area contributed by atoms with Crippen molar-refractivity contribution in [2.24, 2.45) is 0 Å². The third-order valence-corrected chi connectivity index (χ3v) is 7.22. The van der Waals surface area contributed by atoms with Gasteiger partial charge < -0.3 is 0 Å². The van der Waals surface area contributed by atoms with E-state index in [1.165, 1.54) is 53.1 Å². The monoisotopic (exact) mass is 446 g/mol. The van der Waals surface area contributed by atoms with Gasteiger partial charge in [-0.15, -0.1) is 5.17 Å². The second-order valence-electron chi connectivity index (χ2n) is 6.96. The molecule has 1 saturated heterocycles. The summed E-state index contributed by atoms with van der Waals surface area (Å²) in [5.41, 5.74) is 1.63. The first-order valence-corrected chi connectivity index (χ1v) is 11.2. The Balaban J connectivity index is 1.87. The van der Waals surface area contributed by atoms with Gasteiger partial charge in [0.2, 0.25) is 0 Å². The summed E-state index contributed by atoms with van der Waals surface area (Å²) >= 11 is 5.94. The Morgan fingerprint density at radius 1 is 0.933 bits per heavy atom. The predicted octanol–water partition coefficient (Wildman–Crippen LogP) is 4.79. The third kappa shape index (κ3) is 3.87. The molecule has 1 aliphatic heterocycles. The van der Waals surface area contributed by atoms with Gasteiger partial charge in [-0.05, 0) is 47.5 Å². The molecule has 4 rings (SSSR count). The lowest BCUT2D eigenvalue weighted by molar-refractivity contribution is -0.212. The second-order valence-corrected chi connectivity index (χ2v) is 9.19. The molecule has 5 nitrogen and oxygen atoms in total. The fourth-order valence-corrected chi connectivity index (χ4v) is 5.55. The molecule has 0 aliphatic carbocycles. The summed E-state index contributed by atoms with van der Waals surface area (Å²) in [4.78, 5) is 5.55. The molecule has 2 atom stereocenters. The van der Waals surface area contributed by atoms with Crippen LogP contribution in [0.25, 0.3) is 0 Å². The van der Waals surface area contributed by atoms with Crippen molar-refractivity contribution in [1.82, 2.24) is 9.59 Å². The predicted molar refractivity (Wildman–Crippen MR) is 113 cm³/mol. The molecule has 8 heteroatoms. The van der Waals surface area contributed by atoms with E-state index in [-0.39, 0.29) is 16.6 Å². The van der Waals surface area contributed by atoms with Gasteiger partial charge in [0.05, 0.1) is 24.6 Å². The highest BCUT2D eigenvalue weighted by atomic mass is 35.5. The SMILES string of the molecule is CON1CC(c2ccccc2)C(c2ccc(F)cc2)N1S(=O)(=O)c1ccc(Cl)cc1. The van der Waals surface area contributed by atoms with Crippen molar-refractivity contribution < 1.29 is 17.6 Å². The summed E-state index contributed by atoms with van der Waals surface area (Å²) in [6, 6.07) is 20.9. The zero-order chi connectivity index (χ0) is 21.3. The number of benzene rings is 3. The molecule has 0 spiro atoms. The van der Waals surface area contributed by atoms with Crippen LogP contribution >= 0.6 is 11.6 Å². The number of hydrogen-bond acceptors (Lipinski definition) is 4. The van der Waals surface area contributed by atoms with Crippen LogP contribution in [0.4, 0.5) is 4.39 Å². The van der Waals surface area contributed by atoms with E-state index in [1.54, 1.807) is 12.1 Å². The first-order valence-electron chi connectivity index (χ1n) is 9.34. The number of hydroxylamine groups is 1. The van der Waals surface area contributed by atoms with Crippen molar-refractivity contribution in [2.75, 3.05) is 13.7 Å². The Hall–Kier alpha value is -2.29. The van der Waals surface area contributed by atoms with Crippen LogP contribution in [0.2, 0.25) is 5.02 Å². The molecule has 30 heavy (non-hydrogen) atoms. The van der Waals surface area contributed by atoms with E-state index in [1.807, 2.05) is 30.3 Å². The summed E-state index contributed by atoms with van der Waals surface area (Å²) < 4.78 is 42.1. The molecule has 1 fully saturated rings. The van der Waals surface area contributed by atoms with E-state index in [2.05, 4.69) is 0 Å². The molecular formula is C22H20ClFN2O3S. The quantitative estimate of drug-likeness (QED) is 0.565. The molecule has 1 heterocycles. The molecule has 156 valence electrons. The van der Waals surface area contributed by atoms with Gasteiger partial charge in [-0.25, -0.2) is 12.8 Å². The van der Waals surface area contributed by atoms with Gasteiger partial charge in [-0.2, -0.15) is 0 Å². The molecule has 3 aromatic carbocycles. The Kier molecular flexibility index (Phi) is 5.90. The van der Waals surface area contributed by atoms with Gasteiger partial charge >= 0.3 is 0 Å². The normalized spacial score (nSPS) is 20.5. The molecule has 0 saturated carbocycles. The third-order valence-electron chi connectivity index (χ3n) is 5.20. The van der Waals surface area contributed by atoms with Crippen LogP contribution in [-0.2, 0) is 14.9 Å². The van der Waals surface area contributed by atoms with Crippen LogP contribution in [0.15, 0.2) is 83.8 Å². The van der Waals surface area contributed by atoms with Gasteiger partial charge in [0, 0.05) is 10.9 Å². The van der Waals surface area contributed by atoms with Gasteiger partial charge in [0.15, 0.2) is 0 Å². The maximum atomic E-state index is 13.6. The highest BCUT2D eigenvalue weighted by Crippen LogP contribution is 2.46.